The second-order valence-corrected chi connectivity index (χ2v) is 5.46. The number of hydrogen-bond donors (Lipinski definition) is 0. The molecule has 0 radical (unpaired) electrons. The Kier molecular flexibility index (Phi) is 3.73. The monoisotopic (exact) mass is 349 g/mol. The van der Waals surface area contributed by atoms with Crippen LogP contribution in [0.15, 0.2) is 22.1 Å². The number of benzene rings is 1. The summed E-state index contributed by atoms with van der Waals surface area (Å²) in [7, 11) is 0. The molecule has 0 spiro atoms. The minimum absolute atomic E-state index is 0.0258. The molecule has 0 saturated carbocycles. The van der Waals surface area contributed by atoms with Gasteiger partial charge in [0.2, 0.25) is 0 Å². The van der Waals surface area contributed by atoms with Gasteiger partial charge in [-0.05, 0) is 45.5 Å². The lowest BCUT2D eigenvalue weighted by atomic mass is 10.1. The molecule has 1 heterocycles. The summed E-state index contributed by atoms with van der Waals surface area (Å²) >= 11 is 3.98. The first-order chi connectivity index (χ1) is 8.90. The zero-order valence-corrected chi connectivity index (χ0v) is 11.3. The SMILES string of the molecule is N#Cc1ccc(Oc2nnc(Br)s2)c(C(F)(F)F)c1. The predicted octanol–water partition coefficient (Wildman–Crippen LogP) is 3.98. The van der Waals surface area contributed by atoms with Crippen molar-refractivity contribution in [3.05, 3.63) is 33.2 Å². The number of halogens is 4. The van der Waals surface area contributed by atoms with Crippen molar-refractivity contribution in [2.24, 2.45) is 0 Å². The summed E-state index contributed by atoms with van der Waals surface area (Å²) < 4.78 is 44.0. The Bertz CT molecular complexity index is 650. The summed E-state index contributed by atoms with van der Waals surface area (Å²) in [6.45, 7) is 0. The van der Waals surface area contributed by atoms with Gasteiger partial charge in [-0.25, -0.2) is 0 Å². The van der Waals surface area contributed by atoms with Crippen LogP contribution in [0.4, 0.5) is 13.2 Å². The Labute approximate surface area is 117 Å². The maximum absolute atomic E-state index is 12.8. The molecule has 0 aliphatic heterocycles. The molecule has 9 heteroatoms. The van der Waals surface area contributed by atoms with Crippen LogP contribution in [0.3, 0.4) is 0 Å². The zero-order chi connectivity index (χ0) is 14.0. The number of nitrogens with zero attached hydrogens (tertiary/aromatic N) is 3. The maximum atomic E-state index is 12.8. The molecule has 4 nitrogen and oxygen atoms in total. The summed E-state index contributed by atoms with van der Waals surface area (Å²) in [5, 5.41) is 15.7. The van der Waals surface area contributed by atoms with Gasteiger partial charge in [-0.3, -0.25) is 0 Å². The van der Waals surface area contributed by atoms with Crippen LogP contribution in [-0.2, 0) is 6.18 Å². The lowest BCUT2D eigenvalue weighted by Crippen LogP contribution is -2.07. The molecule has 98 valence electrons. The van der Waals surface area contributed by atoms with Crippen molar-refractivity contribution in [2.45, 2.75) is 6.18 Å². The molecule has 0 amide bonds. The van der Waals surface area contributed by atoms with Crippen LogP contribution in [0.25, 0.3) is 0 Å². The number of rotatable bonds is 2. The standard InChI is InChI=1S/C10H3BrF3N3OS/c11-8-16-17-9(19-8)18-7-2-1-5(4-15)3-6(7)10(12,13)14/h1-3H. The van der Waals surface area contributed by atoms with Gasteiger partial charge in [-0.2, -0.15) is 18.4 Å². The van der Waals surface area contributed by atoms with E-state index in [0.29, 0.717) is 3.92 Å². The van der Waals surface area contributed by atoms with E-state index >= 15 is 0 Å². The first-order valence-corrected chi connectivity index (χ1v) is 6.29. The normalized spacial score (nSPS) is 11.1. The lowest BCUT2D eigenvalue weighted by molar-refractivity contribution is -0.138. The van der Waals surface area contributed by atoms with Crippen molar-refractivity contribution in [1.82, 2.24) is 10.2 Å². The fraction of sp³-hybridized carbons (Fsp3) is 0.100. The number of ether oxygens (including phenoxy) is 1. The Morgan fingerprint density at radius 1 is 1.32 bits per heavy atom. The summed E-state index contributed by atoms with van der Waals surface area (Å²) in [6.07, 6.45) is -4.62. The fourth-order valence-electron chi connectivity index (χ4n) is 1.24. The predicted molar refractivity (Wildman–Crippen MR) is 63.8 cm³/mol. The third-order valence-electron chi connectivity index (χ3n) is 1.99. The molecule has 0 aliphatic rings. The van der Waals surface area contributed by atoms with Gasteiger partial charge >= 0.3 is 6.18 Å². The van der Waals surface area contributed by atoms with Gasteiger partial charge in [0.25, 0.3) is 5.19 Å². The average molecular weight is 350 g/mol. The quantitative estimate of drug-likeness (QED) is 0.822. The van der Waals surface area contributed by atoms with Crippen LogP contribution < -0.4 is 4.74 Å². The molecule has 2 rings (SSSR count). The average Bonchev–Trinajstić information content (AvgIpc) is 2.74. The molecule has 19 heavy (non-hydrogen) atoms. The van der Waals surface area contributed by atoms with Crippen molar-refractivity contribution in [3.8, 4) is 17.0 Å². The highest BCUT2D eigenvalue weighted by Gasteiger charge is 2.35. The van der Waals surface area contributed by atoms with Crippen LogP contribution in [0.1, 0.15) is 11.1 Å². The first kappa shape index (κ1) is 13.8. The van der Waals surface area contributed by atoms with Crippen LogP contribution >= 0.6 is 27.3 Å². The molecular formula is C10H3BrF3N3OS. The van der Waals surface area contributed by atoms with Gasteiger partial charge in [-0.15, -0.1) is 5.10 Å². The third-order valence-corrected chi connectivity index (χ3v) is 3.23. The van der Waals surface area contributed by atoms with E-state index in [4.69, 9.17) is 10.00 Å². The second kappa shape index (κ2) is 5.14. The van der Waals surface area contributed by atoms with Gasteiger partial charge in [-0.1, -0.05) is 5.10 Å². The van der Waals surface area contributed by atoms with Crippen molar-refractivity contribution in [1.29, 1.82) is 5.26 Å². The third kappa shape index (κ3) is 3.21. The Balaban J connectivity index is 2.42. The lowest BCUT2D eigenvalue weighted by Gasteiger charge is -2.11. The molecule has 0 atom stereocenters. The number of hydrogen-bond acceptors (Lipinski definition) is 5. The minimum Gasteiger partial charge on any atom is -0.429 e. The van der Waals surface area contributed by atoms with Crippen molar-refractivity contribution in [2.75, 3.05) is 0 Å². The van der Waals surface area contributed by atoms with E-state index in [-0.39, 0.29) is 10.8 Å². The smallest absolute Gasteiger partial charge is 0.420 e. The van der Waals surface area contributed by atoms with Crippen LogP contribution in [0.2, 0.25) is 0 Å². The molecule has 0 aliphatic carbocycles. The van der Waals surface area contributed by atoms with Crippen molar-refractivity contribution >= 4 is 27.3 Å². The van der Waals surface area contributed by atoms with Gasteiger partial charge < -0.3 is 4.74 Å². The van der Waals surface area contributed by atoms with E-state index in [0.717, 1.165) is 23.5 Å². The zero-order valence-electron chi connectivity index (χ0n) is 8.90. The van der Waals surface area contributed by atoms with Crippen LogP contribution in [0.5, 0.6) is 10.9 Å². The largest absolute Gasteiger partial charge is 0.429 e. The molecule has 1 aromatic heterocycles. The molecule has 0 saturated heterocycles. The van der Waals surface area contributed by atoms with Gasteiger partial charge in [0.05, 0.1) is 17.2 Å². The highest BCUT2D eigenvalue weighted by molar-refractivity contribution is 9.11. The van der Waals surface area contributed by atoms with Gasteiger partial charge in [0, 0.05) is 0 Å². The van der Waals surface area contributed by atoms with E-state index in [9.17, 15) is 13.2 Å². The molecule has 0 unspecified atom stereocenters. The molecule has 1 aromatic carbocycles. The summed E-state index contributed by atoms with van der Waals surface area (Å²) in [5.41, 5.74) is -1.13. The second-order valence-electron chi connectivity index (χ2n) is 3.24. The maximum Gasteiger partial charge on any atom is 0.420 e. The number of nitriles is 1. The minimum atomic E-state index is -4.62. The van der Waals surface area contributed by atoms with E-state index in [1.54, 1.807) is 6.07 Å². The molecule has 0 bridgehead atoms. The molecule has 0 fully saturated rings. The van der Waals surface area contributed by atoms with Crippen molar-refractivity contribution < 1.29 is 17.9 Å². The van der Waals surface area contributed by atoms with Crippen LogP contribution in [-0.4, -0.2) is 10.2 Å². The van der Waals surface area contributed by atoms with Crippen LogP contribution in [0, 0.1) is 11.3 Å². The van der Waals surface area contributed by atoms with Gasteiger partial charge in [0.15, 0.2) is 3.92 Å². The molecular weight excluding hydrogens is 347 g/mol. The van der Waals surface area contributed by atoms with Crippen molar-refractivity contribution in [3.63, 3.8) is 0 Å². The summed E-state index contributed by atoms with van der Waals surface area (Å²) in [4.78, 5) is 0. The Morgan fingerprint density at radius 2 is 2.05 bits per heavy atom. The van der Waals surface area contributed by atoms with E-state index in [1.807, 2.05) is 0 Å². The Morgan fingerprint density at radius 3 is 2.58 bits per heavy atom. The van der Waals surface area contributed by atoms with Gasteiger partial charge in [0.1, 0.15) is 5.75 Å². The number of alkyl halides is 3. The topological polar surface area (TPSA) is 58.8 Å². The summed E-state index contributed by atoms with van der Waals surface area (Å²) in [5.74, 6) is -0.421. The fourth-order valence-corrected chi connectivity index (χ4v) is 2.17. The van der Waals surface area contributed by atoms with E-state index < -0.39 is 17.5 Å². The highest BCUT2D eigenvalue weighted by atomic mass is 79.9. The summed E-state index contributed by atoms with van der Waals surface area (Å²) in [6, 6.07) is 4.69. The van der Waals surface area contributed by atoms with E-state index in [1.165, 1.54) is 6.07 Å². The first-order valence-electron chi connectivity index (χ1n) is 4.68. The Hall–Kier alpha value is -1.66. The molecule has 0 N–H and O–H groups in total. The highest BCUT2D eigenvalue weighted by Crippen LogP contribution is 2.39. The molecule has 2 aromatic rings. The number of aromatic nitrogens is 2. The van der Waals surface area contributed by atoms with E-state index in [2.05, 4.69) is 26.1 Å².